The number of aromatic nitrogens is 2. The molecule has 1 atom stereocenters. The Morgan fingerprint density at radius 1 is 1.47 bits per heavy atom. The van der Waals surface area contributed by atoms with Crippen LogP contribution in [-0.4, -0.2) is 27.5 Å². The molecule has 0 saturated heterocycles. The Balaban J connectivity index is 2.91. The van der Waals surface area contributed by atoms with Gasteiger partial charge in [0.25, 0.3) is 0 Å². The molecule has 0 spiro atoms. The third-order valence-corrected chi connectivity index (χ3v) is 2.73. The summed E-state index contributed by atoms with van der Waals surface area (Å²) in [5.74, 6) is 1.04. The van der Waals surface area contributed by atoms with Crippen LogP contribution in [0.1, 0.15) is 31.5 Å². The van der Waals surface area contributed by atoms with E-state index >= 15 is 0 Å². The van der Waals surface area contributed by atoms with Crippen LogP contribution in [0.3, 0.4) is 0 Å². The minimum Gasteiger partial charge on any atom is -0.394 e. The van der Waals surface area contributed by atoms with Crippen LogP contribution in [0.15, 0.2) is 0 Å². The van der Waals surface area contributed by atoms with Crippen LogP contribution < -0.4 is 5.32 Å². The molecule has 4 heteroatoms. The first-order chi connectivity index (χ1) is 7.10. The zero-order chi connectivity index (χ0) is 11.4. The van der Waals surface area contributed by atoms with Gasteiger partial charge in [0.2, 0.25) is 0 Å². The molecular weight excluding hydrogens is 190 g/mol. The fraction of sp³-hybridized carbons (Fsp3) is 0.727. The van der Waals surface area contributed by atoms with E-state index in [1.165, 1.54) is 5.56 Å². The maximum absolute atomic E-state index is 8.95. The van der Waals surface area contributed by atoms with Gasteiger partial charge >= 0.3 is 0 Å². The lowest BCUT2D eigenvalue weighted by molar-refractivity contribution is 0.270. The Kier molecular flexibility index (Phi) is 4.15. The number of aliphatic hydroxyl groups is 1. The number of hydrogen-bond acceptors (Lipinski definition) is 3. The fourth-order valence-electron chi connectivity index (χ4n) is 1.45. The fourth-order valence-corrected chi connectivity index (χ4v) is 1.45. The van der Waals surface area contributed by atoms with E-state index in [2.05, 4.69) is 31.2 Å². The Hall–Kier alpha value is -1.03. The zero-order valence-corrected chi connectivity index (χ0v) is 10.0. The van der Waals surface area contributed by atoms with Crippen LogP contribution >= 0.6 is 0 Å². The molecule has 1 rings (SSSR count). The van der Waals surface area contributed by atoms with E-state index in [0.717, 1.165) is 17.9 Å². The lowest BCUT2D eigenvalue weighted by atomic mass is 10.2. The molecule has 0 aliphatic carbocycles. The van der Waals surface area contributed by atoms with Crippen molar-refractivity contribution in [3.05, 3.63) is 11.3 Å². The predicted octanol–water partition coefficient (Wildman–Crippen LogP) is 1.70. The molecule has 1 aromatic heterocycles. The molecule has 0 amide bonds. The molecule has 4 nitrogen and oxygen atoms in total. The Morgan fingerprint density at radius 3 is 2.67 bits per heavy atom. The SMILES string of the molecule is CCC(C)Nc1c(C)c(C)nn1CCO. The van der Waals surface area contributed by atoms with Crippen LogP contribution in [0.4, 0.5) is 5.82 Å². The molecule has 1 aromatic rings. The van der Waals surface area contributed by atoms with Gasteiger partial charge in [-0.2, -0.15) is 5.10 Å². The molecule has 1 heterocycles. The van der Waals surface area contributed by atoms with Crippen molar-refractivity contribution < 1.29 is 5.11 Å². The number of nitrogens with one attached hydrogen (secondary N) is 1. The highest BCUT2D eigenvalue weighted by Gasteiger charge is 2.12. The molecule has 0 radical (unpaired) electrons. The maximum Gasteiger partial charge on any atom is 0.127 e. The first-order valence-corrected chi connectivity index (χ1v) is 5.51. The Bertz CT molecular complexity index is 320. The number of rotatable bonds is 5. The summed E-state index contributed by atoms with van der Waals surface area (Å²) in [4.78, 5) is 0. The second-order valence-corrected chi connectivity index (χ2v) is 3.96. The molecule has 0 aromatic carbocycles. The third-order valence-electron chi connectivity index (χ3n) is 2.73. The summed E-state index contributed by atoms with van der Waals surface area (Å²) in [5.41, 5.74) is 2.19. The van der Waals surface area contributed by atoms with Crippen LogP contribution in [0.5, 0.6) is 0 Å². The van der Waals surface area contributed by atoms with Crippen molar-refractivity contribution in [2.24, 2.45) is 0 Å². The Morgan fingerprint density at radius 2 is 2.13 bits per heavy atom. The van der Waals surface area contributed by atoms with Crippen molar-refractivity contribution in [1.29, 1.82) is 0 Å². The minimum absolute atomic E-state index is 0.121. The van der Waals surface area contributed by atoms with Gasteiger partial charge in [0.15, 0.2) is 0 Å². The van der Waals surface area contributed by atoms with Gasteiger partial charge in [-0.1, -0.05) is 6.92 Å². The van der Waals surface area contributed by atoms with E-state index in [1.54, 1.807) is 0 Å². The van der Waals surface area contributed by atoms with E-state index in [4.69, 9.17) is 5.11 Å². The summed E-state index contributed by atoms with van der Waals surface area (Å²) in [5, 5.41) is 16.8. The monoisotopic (exact) mass is 211 g/mol. The van der Waals surface area contributed by atoms with E-state index < -0.39 is 0 Å². The second kappa shape index (κ2) is 5.16. The van der Waals surface area contributed by atoms with E-state index in [-0.39, 0.29) is 6.61 Å². The van der Waals surface area contributed by atoms with E-state index in [9.17, 15) is 0 Å². The highest BCUT2D eigenvalue weighted by atomic mass is 16.3. The summed E-state index contributed by atoms with van der Waals surface area (Å²) in [6.45, 7) is 9.01. The summed E-state index contributed by atoms with van der Waals surface area (Å²) < 4.78 is 1.84. The van der Waals surface area contributed by atoms with Crippen molar-refractivity contribution in [1.82, 2.24) is 9.78 Å². The number of nitrogens with zero attached hydrogens (tertiary/aromatic N) is 2. The van der Waals surface area contributed by atoms with Crippen LogP contribution in [0, 0.1) is 13.8 Å². The number of hydrogen-bond donors (Lipinski definition) is 2. The molecular formula is C11H21N3O. The van der Waals surface area contributed by atoms with Crippen LogP contribution in [0.2, 0.25) is 0 Å². The van der Waals surface area contributed by atoms with Crippen molar-refractivity contribution in [2.45, 2.75) is 46.7 Å². The molecule has 0 aliphatic rings. The number of aliphatic hydroxyl groups excluding tert-OH is 1. The lowest BCUT2D eigenvalue weighted by Crippen LogP contribution is -2.18. The molecule has 0 fully saturated rings. The van der Waals surface area contributed by atoms with Gasteiger partial charge < -0.3 is 10.4 Å². The average Bonchev–Trinajstić information content (AvgIpc) is 2.46. The zero-order valence-electron chi connectivity index (χ0n) is 10.0. The molecule has 0 bridgehead atoms. The quantitative estimate of drug-likeness (QED) is 0.779. The first kappa shape index (κ1) is 12.0. The molecule has 0 saturated carbocycles. The molecule has 1 unspecified atom stereocenters. The highest BCUT2D eigenvalue weighted by molar-refractivity contribution is 5.47. The van der Waals surface area contributed by atoms with E-state index in [0.29, 0.717) is 12.6 Å². The third kappa shape index (κ3) is 2.72. The predicted molar refractivity (Wildman–Crippen MR) is 62.2 cm³/mol. The smallest absolute Gasteiger partial charge is 0.127 e. The summed E-state index contributed by atoms with van der Waals surface area (Å²) in [7, 11) is 0. The second-order valence-electron chi connectivity index (χ2n) is 3.96. The lowest BCUT2D eigenvalue weighted by Gasteiger charge is -2.15. The van der Waals surface area contributed by atoms with Crippen LogP contribution in [-0.2, 0) is 6.54 Å². The van der Waals surface area contributed by atoms with Gasteiger partial charge in [-0.15, -0.1) is 0 Å². The number of aryl methyl sites for hydroxylation is 1. The topological polar surface area (TPSA) is 50.1 Å². The van der Waals surface area contributed by atoms with Gasteiger partial charge in [0, 0.05) is 11.6 Å². The number of anilines is 1. The summed E-state index contributed by atoms with van der Waals surface area (Å²) >= 11 is 0. The highest BCUT2D eigenvalue weighted by Crippen LogP contribution is 2.19. The average molecular weight is 211 g/mol. The largest absolute Gasteiger partial charge is 0.394 e. The minimum atomic E-state index is 0.121. The standard InChI is InChI=1S/C11H21N3O/c1-5-8(2)12-11-9(3)10(4)13-14(11)6-7-15/h8,12,15H,5-7H2,1-4H3. The van der Waals surface area contributed by atoms with Crippen molar-refractivity contribution in [3.8, 4) is 0 Å². The van der Waals surface area contributed by atoms with E-state index in [1.807, 2.05) is 11.6 Å². The van der Waals surface area contributed by atoms with Gasteiger partial charge in [0.05, 0.1) is 18.8 Å². The summed E-state index contributed by atoms with van der Waals surface area (Å²) in [6, 6.07) is 0.428. The molecule has 0 aliphatic heterocycles. The molecule has 15 heavy (non-hydrogen) atoms. The van der Waals surface area contributed by atoms with Gasteiger partial charge in [-0.25, -0.2) is 4.68 Å². The van der Waals surface area contributed by atoms with Gasteiger partial charge in [0.1, 0.15) is 5.82 Å². The molecule has 2 N–H and O–H groups in total. The molecule has 86 valence electrons. The van der Waals surface area contributed by atoms with Crippen molar-refractivity contribution >= 4 is 5.82 Å². The summed E-state index contributed by atoms with van der Waals surface area (Å²) in [6.07, 6.45) is 1.07. The normalized spacial score (nSPS) is 12.9. The first-order valence-electron chi connectivity index (χ1n) is 5.51. The van der Waals surface area contributed by atoms with Gasteiger partial charge in [-0.05, 0) is 27.2 Å². The van der Waals surface area contributed by atoms with Crippen molar-refractivity contribution in [2.75, 3.05) is 11.9 Å². The van der Waals surface area contributed by atoms with Crippen LogP contribution in [0.25, 0.3) is 0 Å². The Labute approximate surface area is 91.3 Å². The maximum atomic E-state index is 8.95. The van der Waals surface area contributed by atoms with Gasteiger partial charge in [-0.3, -0.25) is 0 Å². The van der Waals surface area contributed by atoms with Crippen molar-refractivity contribution in [3.63, 3.8) is 0 Å².